The number of hydrogen-bond acceptors (Lipinski definition) is 3. The molecule has 2 aromatic rings. The third-order valence-electron chi connectivity index (χ3n) is 3.13. The molecule has 0 atom stereocenters. The highest BCUT2D eigenvalue weighted by Crippen LogP contribution is 2.21. The second kappa shape index (κ2) is 8.33. The Morgan fingerprint density at radius 2 is 1.70 bits per heavy atom. The van der Waals surface area contributed by atoms with Gasteiger partial charge in [0, 0.05) is 23.5 Å². The van der Waals surface area contributed by atoms with Crippen molar-refractivity contribution in [3.05, 3.63) is 60.4 Å². The molecule has 0 aromatic heterocycles. The number of thioether (sulfide) groups is 1. The Morgan fingerprint density at radius 3 is 2.30 bits per heavy atom. The highest BCUT2D eigenvalue weighted by atomic mass is 32.2. The van der Waals surface area contributed by atoms with E-state index in [9.17, 15) is 14.0 Å². The fraction of sp³-hybridized carbons (Fsp3) is 0.176. The Morgan fingerprint density at radius 1 is 1.04 bits per heavy atom. The molecule has 2 aromatic carbocycles. The number of nitrogens with zero attached hydrogens (tertiary/aromatic N) is 1. The summed E-state index contributed by atoms with van der Waals surface area (Å²) in [6, 6.07) is 15.1. The van der Waals surface area contributed by atoms with Crippen LogP contribution >= 0.6 is 11.8 Å². The monoisotopic (exact) mass is 332 g/mol. The van der Waals surface area contributed by atoms with Crippen molar-refractivity contribution in [3.63, 3.8) is 0 Å². The molecular formula is C17H17FN2O2S. The number of benzene rings is 2. The molecular weight excluding hydrogens is 315 g/mol. The van der Waals surface area contributed by atoms with Gasteiger partial charge in [-0.15, -0.1) is 11.8 Å². The Bertz CT molecular complexity index is 662. The molecule has 120 valence electrons. The van der Waals surface area contributed by atoms with Gasteiger partial charge in [-0.3, -0.25) is 9.59 Å². The van der Waals surface area contributed by atoms with Gasteiger partial charge in [-0.05, 0) is 36.4 Å². The SMILES string of the molecule is NC(=O)CCN(C(=O)CSc1ccccc1)c1ccc(F)cc1. The van der Waals surface area contributed by atoms with Crippen LogP contribution in [0.3, 0.4) is 0 Å². The minimum atomic E-state index is -0.486. The first kappa shape index (κ1) is 17.0. The Labute approximate surface area is 138 Å². The predicted octanol–water partition coefficient (Wildman–Crippen LogP) is 2.83. The number of rotatable bonds is 7. The van der Waals surface area contributed by atoms with Gasteiger partial charge in [-0.25, -0.2) is 4.39 Å². The van der Waals surface area contributed by atoms with E-state index in [1.54, 1.807) is 0 Å². The van der Waals surface area contributed by atoms with Gasteiger partial charge in [0.2, 0.25) is 11.8 Å². The molecule has 2 amide bonds. The quantitative estimate of drug-likeness (QED) is 0.793. The summed E-state index contributed by atoms with van der Waals surface area (Å²) in [6.07, 6.45) is 0.0547. The number of hydrogen-bond donors (Lipinski definition) is 1. The van der Waals surface area contributed by atoms with Crippen molar-refractivity contribution in [1.82, 2.24) is 0 Å². The van der Waals surface area contributed by atoms with Gasteiger partial charge in [0.25, 0.3) is 0 Å². The summed E-state index contributed by atoms with van der Waals surface area (Å²) in [7, 11) is 0. The van der Waals surface area contributed by atoms with E-state index in [0.29, 0.717) is 5.69 Å². The number of nitrogens with two attached hydrogens (primary N) is 1. The largest absolute Gasteiger partial charge is 0.370 e. The third-order valence-corrected chi connectivity index (χ3v) is 4.12. The van der Waals surface area contributed by atoms with Crippen LogP contribution < -0.4 is 10.6 Å². The molecule has 6 heteroatoms. The van der Waals surface area contributed by atoms with Gasteiger partial charge < -0.3 is 10.6 Å². The molecule has 0 fully saturated rings. The normalized spacial score (nSPS) is 10.3. The summed E-state index contributed by atoms with van der Waals surface area (Å²) in [5.74, 6) is -0.804. The third kappa shape index (κ3) is 5.41. The van der Waals surface area contributed by atoms with Crippen LogP contribution in [0.25, 0.3) is 0 Å². The first-order valence-corrected chi connectivity index (χ1v) is 8.07. The van der Waals surface area contributed by atoms with Gasteiger partial charge in [0.05, 0.1) is 5.75 Å². The summed E-state index contributed by atoms with van der Waals surface area (Å²) in [5.41, 5.74) is 5.71. The molecule has 23 heavy (non-hydrogen) atoms. The van der Waals surface area contributed by atoms with E-state index in [4.69, 9.17) is 5.73 Å². The van der Waals surface area contributed by atoms with E-state index >= 15 is 0 Å². The lowest BCUT2D eigenvalue weighted by Gasteiger charge is -2.22. The zero-order valence-electron chi connectivity index (χ0n) is 12.4. The topological polar surface area (TPSA) is 63.4 Å². The molecule has 0 bridgehead atoms. The maximum absolute atomic E-state index is 13.1. The van der Waals surface area contributed by atoms with E-state index in [-0.39, 0.29) is 30.4 Å². The van der Waals surface area contributed by atoms with E-state index in [1.807, 2.05) is 30.3 Å². The molecule has 2 rings (SSSR count). The molecule has 0 unspecified atom stereocenters. The Balaban J connectivity index is 2.07. The van der Waals surface area contributed by atoms with Crippen molar-refractivity contribution in [2.45, 2.75) is 11.3 Å². The van der Waals surface area contributed by atoms with Gasteiger partial charge in [0.1, 0.15) is 5.82 Å². The summed E-state index contributed by atoms with van der Waals surface area (Å²) >= 11 is 1.41. The van der Waals surface area contributed by atoms with Crippen molar-refractivity contribution >= 4 is 29.3 Å². The van der Waals surface area contributed by atoms with Crippen molar-refractivity contribution in [1.29, 1.82) is 0 Å². The van der Waals surface area contributed by atoms with Crippen LogP contribution in [0.1, 0.15) is 6.42 Å². The molecule has 0 aliphatic rings. The Hall–Kier alpha value is -2.34. The Kier molecular flexibility index (Phi) is 6.17. The highest BCUT2D eigenvalue weighted by molar-refractivity contribution is 8.00. The number of anilines is 1. The van der Waals surface area contributed by atoms with Crippen LogP contribution in [0.4, 0.5) is 10.1 Å². The summed E-state index contributed by atoms with van der Waals surface area (Å²) < 4.78 is 13.1. The molecule has 4 nitrogen and oxygen atoms in total. The second-order valence-electron chi connectivity index (χ2n) is 4.84. The number of primary amides is 1. The van der Waals surface area contributed by atoms with E-state index in [1.165, 1.54) is 40.9 Å². The molecule has 0 aliphatic carbocycles. The van der Waals surface area contributed by atoms with Crippen LogP contribution in [-0.4, -0.2) is 24.1 Å². The van der Waals surface area contributed by atoms with Crippen LogP contribution in [0.5, 0.6) is 0 Å². The van der Waals surface area contributed by atoms with Crippen molar-refractivity contribution in [2.24, 2.45) is 5.73 Å². The van der Waals surface area contributed by atoms with E-state index in [0.717, 1.165) is 4.90 Å². The van der Waals surface area contributed by atoms with E-state index < -0.39 is 5.91 Å². The van der Waals surface area contributed by atoms with Crippen molar-refractivity contribution < 1.29 is 14.0 Å². The molecule has 2 N–H and O–H groups in total. The molecule has 0 saturated heterocycles. The average molecular weight is 332 g/mol. The lowest BCUT2D eigenvalue weighted by molar-refractivity contribution is -0.118. The number of amides is 2. The maximum atomic E-state index is 13.1. The molecule has 0 radical (unpaired) electrons. The first-order valence-electron chi connectivity index (χ1n) is 7.08. The molecule has 0 saturated carbocycles. The molecule has 0 heterocycles. The first-order chi connectivity index (χ1) is 11.1. The fourth-order valence-electron chi connectivity index (χ4n) is 1.98. The minimum absolute atomic E-state index is 0.0547. The second-order valence-corrected chi connectivity index (χ2v) is 5.89. The van der Waals surface area contributed by atoms with Gasteiger partial charge >= 0.3 is 0 Å². The van der Waals surface area contributed by atoms with Gasteiger partial charge in [0.15, 0.2) is 0 Å². The predicted molar refractivity (Wildman–Crippen MR) is 89.7 cm³/mol. The maximum Gasteiger partial charge on any atom is 0.237 e. The van der Waals surface area contributed by atoms with Crippen LogP contribution in [0.15, 0.2) is 59.5 Å². The lowest BCUT2D eigenvalue weighted by atomic mass is 10.2. The van der Waals surface area contributed by atoms with Gasteiger partial charge in [-0.2, -0.15) is 0 Å². The number of carbonyl (C=O) groups is 2. The van der Waals surface area contributed by atoms with Crippen LogP contribution in [0, 0.1) is 5.82 Å². The van der Waals surface area contributed by atoms with Crippen LogP contribution in [-0.2, 0) is 9.59 Å². The lowest BCUT2D eigenvalue weighted by Crippen LogP contribution is -2.35. The smallest absolute Gasteiger partial charge is 0.237 e. The minimum Gasteiger partial charge on any atom is -0.370 e. The fourth-order valence-corrected chi connectivity index (χ4v) is 2.78. The zero-order valence-corrected chi connectivity index (χ0v) is 13.3. The molecule has 0 aliphatic heterocycles. The summed E-state index contributed by atoms with van der Waals surface area (Å²) in [4.78, 5) is 25.9. The number of halogens is 1. The van der Waals surface area contributed by atoms with E-state index in [2.05, 4.69) is 0 Å². The summed E-state index contributed by atoms with van der Waals surface area (Å²) in [6.45, 7) is 0.176. The molecule has 0 spiro atoms. The standard InChI is InChI=1S/C17H17FN2O2S/c18-13-6-8-14(9-7-13)20(11-10-16(19)21)17(22)12-23-15-4-2-1-3-5-15/h1-9H,10-12H2,(H2,19,21). The van der Waals surface area contributed by atoms with Crippen LogP contribution in [0.2, 0.25) is 0 Å². The number of carbonyl (C=O) groups excluding carboxylic acids is 2. The zero-order chi connectivity index (χ0) is 16.7. The highest BCUT2D eigenvalue weighted by Gasteiger charge is 2.17. The van der Waals surface area contributed by atoms with Gasteiger partial charge in [-0.1, -0.05) is 18.2 Å². The average Bonchev–Trinajstić information content (AvgIpc) is 2.55. The van der Waals surface area contributed by atoms with Crippen molar-refractivity contribution in [2.75, 3.05) is 17.2 Å². The van der Waals surface area contributed by atoms with Crippen molar-refractivity contribution in [3.8, 4) is 0 Å². The summed E-state index contributed by atoms with van der Waals surface area (Å²) in [5, 5.41) is 0.